The van der Waals surface area contributed by atoms with E-state index < -0.39 is 0 Å². The molecule has 1 aliphatic heterocycles. The zero-order chi connectivity index (χ0) is 6.85. The second-order valence-electron chi connectivity index (χ2n) is 2.70. The molecule has 1 saturated heterocycles. The molecule has 60 valence electrons. The van der Waals surface area contributed by atoms with Gasteiger partial charge in [0, 0.05) is 19.5 Å². The van der Waals surface area contributed by atoms with E-state index >= 15 is 0 Å². The van der Waals surface area contributed by atoms with Gasteiger partial charge in [-0.3, -0.25) is 4.79 Å². The van der Waals surface area contributed by atoms with Crippen LogP contribution in [0.1, 0.15) is 34.1 Å². The van der Waals surface area contributed by atoms with Gasteiger partial charge in [0.05, 0.1) is 0 Å². The van der Waals surface area contributed by atoms with Crippen molar-refractivity contribution in [2.45, 2.75) is 40.2 Å². The molecule has 1 unspecified atom stereocenters. The van der Waals surface area contributed by atoms with Crippen molar-refractivity contribution in [3.8, 4) is 0 Å². The van der Waals surface area contributed by atoms with Crippen LogP contribution in [0.4, 0.5) is 0 Å². The molecule has 1 rings (SSSR count). The summed E-state index contributed by atoms with van der Waals surface area (Å²) in [5.74, 6) is 0.222. The minimum Gasteiger partial charge on any atom is -0.340 e. The Balaban J connectivity index is 0.000000810. The molecular weight excluding hydrogens is 126 g/mol. The van der Waals surface area contributed by atoms with Crippen LogP contribution < -0.4 is 0 Å². The number of rotatable bonds is 0. The summed E-state index contributed by atoms with van der Waals surface area (Å²) >= 11 is 0. The van der Waals surface area contributed by atoms with E-state index in [0.717, 1.165) is 6.54 Å². The summed E-state index contributed by atoms with van der Waals surface area (Å²) in [7, 11) is 0. The third kappa shape index (κ3) is 1.72. The van der Waals surface area contributed by atoms with Gasteiger partial charge < -0.3 is 4.90 Å². The zero-order valence-corrected chi connectivity index (χ0v) is 6.05. The van der Waals surface area contributed by atoms with E-state index in [0.29, 0.717) is 6.04 Å². The predicted molar refractivity (Wildman–Crippen MR) is 42.8 cm³/mol. The van der Waals surface area contributed by atoms with Crippen molar-refractivity contribution in [2.75, 3.05) is 6.54 Å². The SMILES string of the molecule is C.CC(=O)N1CCCC1C. The highest BCUT2D eigenvalue weighted by Gasteiger charge is 2.21. The van der Waals surface area contributed by atoms with Gasteiger partial charge in [0.15, 0.2) is 0 Å². The summed E-state index contributed by atoms with van der Waals surface area (Å²) < 4.78 is 0. The zero-order valence-electron chi connectivity index (χ0n) is 6.05. The van der Waals surface area contributed by atoms with E-state index in [1.807, 2.05) is 4.90 Å². The lowest BCUT2D eigenvalue weighted by Crippen LogP contribution is -2.31. The molecular formula is C8H17NO. The highest BCUT2D eigenvalue weighted by Crippen LogP contribution is 2.15. The molecule has 2 nitrogen and oxygen atoms in total. The molecule has 0 aromatic heterocycles. The van der Waals surface area contributed by atoms with E-state index in [1.165, 1.54) is 12.8 Å². The van der Waals surface area contributed by atoms with Crippen LogP contribution in [0, 0.1) is 0 Å². The maximum Gasteiger partial charge on any atom is 0.219 e. The largest absolute Gasteiger partial charge is 0.340 e. The predicted octanol–water partition coefficient (Wildman–Crippen LogP) is 1.65. The maximum atomic E-state index is 10.8. The van der Waals surface area contributed by atoms with Crippen LogP contribution in [0.2, 0.25) is 0 Å². The Hall–Kier alpha value is -0.530. The lowest BCUT2D eigenvalue weighted by Gasteiger charge is -2.18. The number of likely N-dealkylation sites (tertiary alicyclic amines) is 1. The van der Waals surface area contributed by atoms with Crippen LogP contribution >= 0.6 is 0 Å². The molecule has 1 atom stereocenters. The summed E-state index contributed by atoms with van der Waals surface area (Å²) in [4.78, 5) is 12.7. The molecule has 0 aliphatic carbocycles. The monoisotopic (exact) mass is 143 g/mol. The van der Waals surface area contributed by atoms with Gasteiger partial charge >= 0.3 is 0 Å². The molecule has 0 spiro atoms. The Kier molecular flexibility index (Phi) is 3.40. The topological polar surface area (TPSA) is 20.3 Å². The second-order valence-corrected chi connectivity index (χ2v) is 2.70. The van der Waals surface area contributed by atoms with Crippen LogP contribution in [0.5, 0.6) is 0 Å². The Morgan fingerprint density at radius 3 is 2.40 bits per heavy atom. The van der Waals surface area contributed by atoms with Crippen molar-refractivity contribution >= 4 is 5.91 Å². The highest BCUT2D eigenvalue weighted by molar-refractivity contribution is 5.73. The third-order valence-corrected chi connectivity index (χ3v) is 1.96. The van der Waals surface area contributed by atoms with Gasteiger partial charge in [0.25, 0.3) is 0 Å². The van der Waals surface area contributed by atoms with Crippen LogP contribution in [0.3, 0.4) is 0 Å². The van der Waals surface area contributed by atoms with Gasteiger partial charge in [-0.1, -0.05) is 7.43 Å². The second kappa shape index (κ2) is 3.59. The molecule has 0 aromatic carbocycles. The molecule has 0 aromatic rings. The first-order chi connectivity index (χ1) is 4.22. The Bertz CT molecular complexity index is 122. The molecule has 0 radical (unpaired) electrons. The summed E-state index contributed by atoms with van der Waals surface area (Å²) in [6.07, 6.45) is 2.36. The average molecular weight is 143 g/mol. The standard InChI is InChI=1S/C7H13NO.CH4/c1-6-4-3-5-8(6)7(2)9;/h6H,3-5H2,1-2H3;1H4. The fourth-order valence-electron chi connectivity index (χ4n) is 1.40. The van der Waals surface area contributed by atoms with E-state index in [4.69, 9.17) is 0 Å². The lowest BCUT2D eigenvalue weighted by molar-refractivity contribution is -0.129. The van der Waals surface area contributed by atoms with E-state index in [1.54, 1.807) is 6.92 Å². The molecule has 0 bridgehead atoms. The van der Waals surface area contributed by atoms with E-state index in [-0.39, 0.29) is 13.3 Å². The molecule has 1 heterocycles. The van der Waals surface area contributed by atoms with Crippen LogP contribution in [0.25, 0.3) is 0 Å². The molecule has 1 fully saturated rings. The van der Waals surface area contributed by atoms with Crippen LogP contribution in [-0.2, 0) is 4.79 Å². The Morgan fingerprint density at radius 2 is 2.20 bits per heavy atom. The number of carbonyl (C=O) groups excluding carboxylic acids is 1. The fraction of sp³-hybridized carbons (Fsp3) is 0.875. The van der Waals surface area contributed by atoms with Crippen molar-refractivity contribution in [3.05, 3.63) is 0 Å². The van der Waals surface area contributed by atoms with Crippen molar-refractivity contribution in [2.24, 2.45) is 0 Å². The lowest BCUT2D eigenvalue weighted by atomic mass is 10.2. The van der Waals surface area contributed by atoms with Gasteiger partial charge in [0.2, 0.25) is 5.91 Å². The smallest absolute Gasteiger partial charge is 0.219 e. The molecule has 10 heavy (non-hydrogen) atoms. The van der Waals surface area contributed by atoms with Crippen molar-refractivity contribution in [1.29, 1.82) is 0 Å². The van der Waals surface area contributed by atoms with E-state index in [9.17, 15) is 4.79 Å². The van der Waals surface area contributed by atoms with Crippen molar-refractivity contribution < 1.29 is 4.79 Å². The van der Waals surface area contributed by atoms with Gasteiger partial charge in [-0.05, 0) is 19.8 Å². The third-order valence-electron chi connectivity index (χ3n) is 1.96. The number of nitrogens with zero attached hydrogens (tertiary/aromatic N) is 1. The summed E-state index contributed by atoms with van der Waals surface area (Å²) in [6, 6.07) is 0.488. The Labute approximate surface area is 63.2 Å². The Morgan fingerprint density at radius 1 is 1.60 bits per heavy atom. The minimum absolute atomic E-state index is 0. The van der Waals surface area contributed by atoms with Gasteiger partial charge in [-0.2, -0.15) is 0 Å². The summed E-state index contributed by atoms with van der Waals surface area (Å²) in [5.41, 5.74) is 0. The normalized spacial score (nSPS) is 24.2. The van der Waals surface area contributed by atoms with Crippen molar-refractivity contribution in [3.63, 3.8) is 0 Å². The summed E-state index contributed by atoms with van der Waals surface area (Å²) in [6.45, 7) is 4.72. The van der Waals surface area contributed by atoms with Crippen LogP contribution in [0.15, 0.2) is 0 Å². The first kappa shape index (κ1) is 9.47. The van der Waals surface area contributed by atoms with Gasteiger partial charge in [-0.25, -0.2) is 0 Å². The fourth-order valence-corrected chi connectivity index (χ4v) is 1.40. The molecule has 0 N–H and O–H groups in total. The molecule has 0 saturated carbocycles. The average Bonchev–Trinajstić information content (AvgIpc) is 2.13. The van der Waals surface area contributed by atoms with Gasteiger partial charge in [0.1, 0.15) is 0 Å². The molecule has 1 aliphatic rings. The van der Waals surface area contributed by atoms with E-state index in [2.05, 4.69) is 6.92 Å². The molecule has 1 amide bonds. The minimum atomic E-state index is 0. The first-order valence-electron chi connectivity index (χ1n) is 3.49. The highest BCUT2D eigenvalue weighted by atomic mass is 16.2. The number of hydrogen-bond donors (Lipinski definition) is 0. The van der Waals surface area contributed by atoms with Crippen LogP contribution in [-0.4, -0.2) is 23.4 Å². The quantitative estimate of drug-likeness (QED) is 0.505. The van der Waals surface area contributed by atoms with Crippen molar-refractivity contribution in [1.82, 2.24) is 4.90 Å². The summed E-state index contributed by atoms with van der Waals surface area (Å²) in [5, 5.41) is 0. The maximum absolute atomic E-state index is 10.8. The number of hydrogen-bond acceptors (Lipinski definition) is 1. The number of amides is 1. The first-order valence-corrected chi connectivity index (χ1v) is 3.49. The molecule has 2 heteroatoms. The van der Waals surface area contributed by atoms with Gasteiger partial charge in [-0.15, -0.1) is 0 Å². The number of carbonyl (C=O) groups is 1.